The zero-order valence-corrected chi connectivity index (χ0v) is 19.7. The third-order valence-electron chi connectivity index (χ3n) is 4.16. The fourth-order valence-corrected chi connectivity index (χ4v) is 3.48. The fraction of sp³-hybridized carbons (Fsp3) is 0.0435. The first kappa shape index (κ1) is 23.2. The van der Waals surface area contributed by atoms with Gasteiger partial charge in [0.15, 0.2) is 0 Å². The number of nitrogens with zero attached hydrogens (tertiary/aromatic N) is 1. The molecule has 0 aliphatic carbocycles. The number of benzene rings is 3. The number of carbonyl (C=O) groups excluding carboxylic acids is 1. The summed E-state index contributed by atoms with van der Waals surface area (Å²) in [6, 6.07) is 19.3. The Hall–Kier alpha value is -2.49. The monoisotopic (exact) mass is 534 g/mol. The number of hydrogen-bond donors (Lipinski definition) is 1. The van der Waals surface area contributed by atoms with Crippen molar-refractivity contribution in [1.29, 1.82) is 5.26 Å². The molecule has 0 aliphatic rings. The van der Waals surface area contributed by atoms with Crippen molar-refractivity contribution >= 4 is 68.4 Å². The Balaban J connectivity index is 1.84. The van der Waals surface area contributed by atoms with E-state index in [0.717, 1.165) is 10.0 Å². The lowest BCUT2D eigenvalue weighted by Gasteiger charge is -2.11. The van der Waals surface area contributed by atoms with E-state index in [2.05, 4.69) is 21.2 Å². The van der Waals surface area contributed by atoms with Gasteiger partial charge >= 0.3 is 0 Å². The highest BCUT2D eigenvalue weighted by atomic mass is 79.9. The van der Waals surface area contributed by atoms with Gasteiger partial charge in [-0.2, -0.15) is 5.26 Å². The van der Waals surface area contributed by atoms with Crippen molar-refractivity contribution in [1.82, 2.24) is 0 Å². The van der Waals surface area contributed by atoms with Crippen LogP contribution in [0.15, 0.2) is 70.7 Å². The Morgan fingerprint density at radius 3 is 2.52 bits per heavy atom. The molecule has 0 heterocycles. The Morgan fingerprint density at radius 1 is 1.03 bits per heavy atom. The molecule has 0 radical (unpaired) electrons. The SMILES string of the molecule is N#C/C(=C\c1cc(Br)ccc1OCc1ccccc1Cl)C(=O)Nc1ccc(Cl)c(Cl)c1. The molecule has 31 heavy (non-hydrogen) atoms. The van der Waals surface area contributed by atoms with Crippen molar-refractivity contribution in [3.63, 3.8) is 0 Å². The highest BCUT2D eigenvalue weighted by Gasteiger charge is 2.13. The average molecular weight is 537 g/mol. The lowest BCUT2D eigenvalue weighted by Crippen LogP contribution is -2.13. The highest BCUT2D eigenvalue weighted by Crippen LogP contribution is 2.28. The Bertz CT molecular complexity index is 1210. The van der Waals surface area contributed by atoms with Gasteiger partial charge in [-0.25, -0.2) is 0 Å². The molecule has 0 saturated heterocycles. The van der Waals surface area contributed by atoms with Crippen LogP contribution in [-0.4, -0.2) is 5.91 Å². The van der Waals surface area contributed by atoms with Crippen molar-refractivity contribution < 1.29 is 9.53 Å². The normalized spacial score (nSPS) is 11.0. The summed E-state index contributed by atoms with van der Waals surface area (Å²) in [5.41, 5.74) is 1.69. The molecule has 0 fully saturated rings. The highest BCUT2D eigenvalue weighted by molar-refractivity contribution is 9.10. The maximum absolute atomic E-state index is 12.6. The minimum absolute atomic E-state index is 0.105. The average Bonchev–Trinajstić information content (AvgIpc) is 2.75. The number of amides is 1. The fourth-order valence-electron chi connectivity index (χ4n) is 2.61. The Morgan fingerprint density at radius 2 is 1.81 bits per heavy atom. The molecule has 0 bridgehead atoms. The largest absolute Gasteiger partial charge is 0.488 e. The first-order valence-corrected chi connectivity index (χ1v) is 10.8. The molecule has 0 aromatic heterocycles. The van der Waals surface area contributed by atoms with Gasteiger partial charge in [0.05, 0.1) is 10.0 Å². The van der Waals surface area contributed by atoms with Crippen LogP contribution in [0, 0.1) is 11.3 Å². The van der Waals surface area contributed by atoms with E-state index in [0.29, 0.717) is 32.1 Å². The summed E-state index contributed by atoms with van der Waals surface area (Å²) in [6.45, 7) is 0.236. The van der Waals surface area contributed by atoms with Crippen LogP contribution in [0.5, 0.6) is 5.75 Å². The van der Waals surface area contributed by atoms with Crippen LogP contribution < -0.4 is 10.1 Å². The molecular weight excluding hydrogens is 523 g/mol. The molecule has 0 unspecified atom stereocenters. The van der Waals surface area contributed by atoms with E-state index in [4.69, 9.17) is 39.5 Å². The number of halogens is 4. The van der Waals surface area contributed by atoms with Gasteiger partial charge in [0.25, 0.3) is 5.91 Å². The molecular formula is C23H14BrCl3N2O2. The first-order valence-electron chi connectivity index (χ1n) is 8.91. The van der Waals surface area contributed by atoms with Crippen LogP contribution in [0.25, 0.3) is 6.08 Å². The van der Waals surface area contributed by atoms with E-state index >= 15 is 0 Å². The standard InChI is InChI=1S/C23H14BrCl3N2O2/c24-17-5-8-22(31-13-14-3-1-2-4-19(14)25)15(10-17)9-16(12-28)23(30)29-18-6-7-20(26)21(27)11-18/h1-11H,13H2,(H,29,30)/b16-9+. The van der Waals surface area contributed by atoms with E-state index < -0.39 is 5.91 Å². The van der Waals surface area contributed by atoms with Gasteiger partial charge < -0.3 is 10.1 Å². The Kier molecular flexibility index (Phi) is 8.00. The van der Waals surface area contributed by atoms with Crippen LogP contribution in [0.1, 0.15) is 11.1 Å². The maximum Gasteiger partial charge on any atom is 0.266 e. The summed E-state index contributed by atoms with van der Waals surface area (Å²) in [5.74, 6) is -0.0869. The van der Waals surface area contributed by atoms with Crippen LogP contribution in [-0.2, 0) is 11.4 Å². The number of carbonyl (C=O) groups is 1. The molecule has 0 aliphatic heterocycles. The second-order valence-corrected chi connectivity index (χ2v) is 8.45. The van der Waals surface area contributed by atoms with Gasteiger partial charge in [-0.15, -0.1) is 0 Å². The summed E-state index contributed by atoms with van der Waals surface area (Å²) in [4.78, 5) is 12.6. The van der Waals surface area contributed by atoms with Gasteiger partial charge in [0, 0.05) is 26.3 Å². The molecule has 3 aromatic carbocycles. The number of ether oxygens (including phenoxy) is 1. The molecule has 0 saturated carbocycles. The number of hydrogen-bond acceptors (Lipinski definition) is 3. The summed E-state index contributed by atoms with van der Waals surface area (Å²) in [7, 11) is 0. The molecule has 1 N–H and O–H groups in total. The first-order chi connectivity index (χ1) is 14.9. The molecule has 3 rings (SSSR count). The van der Waals surface area contributed by atoms with Crippen molar-refractivity contribution in [3.05, 3.63) is 96.9 Å². The van der Waals surface area contributed by atoms with E-state index in [1.807, 2.05) is 24.3 Å². The van der Waals surface area contributed by atoms with Crippen LogP contribution in [0.4, 0.5) is 5.69 Å². The van der Waals surface area contributed by atoms with Gasteiger partial charge in [0.2, 0.25) is 0 Å². The lowest BCUT2D eigenvalue weighted by molar-refractivity contribution is -0.112. The van der Waals surface area contributed by atoms with E-state index in [1.54, 1.807) is 36.4 Å². The van der Waals surface area contributed by atoms with Crippen LogP contribution in [0.3, 0.4) is 0 Å². The van der Waals surface area contributed by atoms with Crippen LogP contribution >= 0.6 is 50.7 Å². The van der Waals surface area contributed by atoms with Gasteiger partial charge in [-0.05, 0) is 48.5 Å². The second-order valence-electron chi connectivity index (χ2n) is 6.32. The molecule has 0 atom stereocenters. The predicted octanol–water partition coefficient (Wildman–Crippen LogP) is 7.53. The van der Waals surface area contributed by atoms with E-state index in [1.165, 1.54) is 12.1 Å². The van der Waals surface area contributed by atoms with E-state index in [-0.39, 0.29) is 12.2 Å². The quantitative estimate of drug-likeness (QED) is 0.262. The van der Waals surface area contributed by atoms with Crippen molar-refractivity contribution in [3.8, 4) is 11.8 Å². The van der Waals surface area contributed by atoms with Gasteiger partial charge in [0.1, 0.15) is 24.0 Å². The lowest BCUT2D eigenvalue weighted by atomic mass is 10.1. The number of anilines is 1. The molecule has 8 heteroatoms. The summed E-state index contributed by atoms with van der Waals surface area (Å²) in [6.07, 6.45) is 1.46. The van der Waals surface area contributed by atoms with Crippen LogP contribution in [0.2, 0.25) is 15.1 Å². The third kappa shape index (κ3) is 6.25. The van der Waals surface area contributed by atoms with Crippen molar-refractivity contribution in [2.24, 2.45) is 0 Å². The minimum Gasteiger partial charge on any atom is -0.488 e. The van der Waals surface area contributed by atoms with Gasteiger partial charge in [-0.1, -0.05) is 68.9 Å². The predicted molar refractivity (Wildman–Crippen MR) is 129 cm³/mol. The van der Waals surface area contributed by atoms with Crippen molar-refractivity contribution in [2.75, 3.05) is 5.32 Å². The maximum atomic E-state index is 12.6. The molecule has 4 nitrogen and oxygen atoms in total. The van der Waals surface area contributed by atoms with Crippen molar-refractivity contribution in [2.45, 2.75) is 6.61 Å². The number of nitrogens with one attached hydrogen (secondary N) is 1. The van der Waals surface area contributed by atoms with Gasteiger partial charge in [-0.3, -0.25) is 4.79 Å². The second kappa shape index (κ2) is 10.7. The summed E-state index contributed by atoms with van der Waals surface area (Å²) < 4.78 is 6.68. The third-order valence-corrected chi connectivity index (χ3v) is 5.76. The minimum atomic E-state index is -0.585. The smallest absolute Gasteiger partial charge is 0.266 e. The summed E-state index contributed by atoms with van der Waals surface area (Å²) in [5, 5.41) is 13.4. The van der Waals surface area contributed by atoms with E-state index in [9.17, 15) is 10.1 Å². The molecule has 1 amide bonds. The topological polar surface area (TPSA) is 62.1 Å². The molecule has 156 valence electrons. The number of rotatable bonds is 6. The zero-order chi connectivity index (χ0) is 22.4. The summed E-state index contributed by atoms with van der Waals surface area (Å²) >= 11 is 21.5. The molecule has 0 spiro atoms. The molecule has 3 aromatic rings. The zero-order valence-electron chi connectivity index (χ0n) is 15.8. The number of nitriles is 1. The Labute approximate surface area is 203 Å².